The Labute approximate surface area is 292 Å². The first-order valence-electron chi connectivity index (χ1n) is 15.9. The van der Waals surface area contributed by atoms with Crippen molar-refractivity contribution in [2.24, 2.45) is 0 Å². The molecule has 0 N–H and O–H groups in total. The van der Waals surface area contributed by atoms with E-state index in [1.807, 2.05) is 36.4 Å². The number of aldehydes is 1. The number of fused-ring (bicyclic) bond motifs is 2. The van der Waals surface area contributed by atoms with Crippen LogP contribution < -0.4 is 9.47 Å². The number of carbonyl (C=O) groups is 2. The highest BCUT2D eigenvalue weighted by Gasteiger charge is 2.39. The number of halogens is 4. The molecular formula is C35H35ClF3N3O5SSi. The van der Waals surface area contributed by atoms with Crippen molar-refractivity contribution in [2.75, 3.05) is 20.3 Å². The summed E-state index contributed by atoms with van der Waals surface area (Å²) in [7, 11) is -0.0931. The Balaban J connectivity index is 1.25. The zero-order valence-corrected chi connectivity index (χ0v) is 30.0. The van der Waals surface area contributed by atoms with Gasteiger partial charge >= 0.3 is 12.3 Å². The number of nitrogens with zero attached hydrogens (tertiary/aromatic N) is 3. The molecule has 8 nitrogen and oxygen atoms in total. The second kappa shape index (κ2) is 13.8. The van der Waals surface area contributed by atoms with Crippen molar-refractivity contribution in [3.63, 3.8) is 0 Å². The molecule has 0 fully saturated rings. The molecule has 2 aromatic carbocycles. The first kappa shape index (κ1) is 34.9. The average molecular weight is 730 g/mol. The van der Waals surface area contributed by atoms with Crippen LogP contribution in [0.15, 0.2) is 42.5 Å². The highest BCUT2D eigenvalue weighted by molar-refractivity contribution is 7.15. The molecule has 0 saturated carbocycles. The van der Waals surface area contributed by atoms with Gasteiger partial charge in [-0.1, -0.05) is 67.6 Å². The van der Waals surface area contributed by atoms with Crippen molar-refractivity contribution < 1.29 is 37.0 Å². The molecule has 0 radical (unpaired) electrons. The van der Waals surface area contributed by atoms with E-state index in [1.54, 1.807) is 16.2 Å². The molecule has 0 unspecified atom stereocenters. The number of carbonyl (C=O) groups excluding carboxylic acids is 2. The molecule has 1 aliphatic heterocycles. The number of hydrogen-bond donors (Lipinski definition) is 0. The van der Waals surface area contributed by atoms with Crippen LogP contribution in [0, 0.1) is 0 Å². The number of thiazole rings is 1. The van der Waals surface area contributed by atoms with E-state index in [0.717, 1.165) is 49.4 Å². The van der Waals surface area contributed by atoms with E-state index >= 15 is 0 Å². The van der Waals surface area contributed by atoms with E-state index in [4.69, 9.17) is 30.8 Å². The maximum atomic E-state index is 14.0. The number of amides is 1. The summed E-state index contributed by atoms with van der Waals surface area (Å²) in [6, 6.07) is 12.9. The second-order valence-corrected chi connectivity index (χ2v) is 20.3. The van der Waals surface area contributed by atoms with Gasteiger partial charge in [0.1, 0.15) is 16.7 Å². The molecule has 1 atom stereocenters. The molecule has 4 aromatic rings. The Morgan fingerprint density at radius 2 is 1.82 bits per heavy atom. The van der Waals surface area contributed by atoms with E-state index in [2.05, 4.69) is 24.6 Å². The van der Waals surface area contributed by atoms with Gasteiger partial charge in [-0.15, -0.1) is 11.3 Å². The highest BCUT2D eigenvalue weighted by Crippen LogP contribution is 2.46. The quantitative estimate of drug-likeness (QED) is 0.125. The lowest BCUT2D eigenvalue weighted by Gasteiger charge is -2.26. The Hall–Kier alpha value is -3.94. The summed E-state index contributed by atoms with van der Waals surface area (Å²) in [5.41, 5.74) is 3.38. The van der Waals surface area contributed by atoms with Gasteiger partial charge in [-0.3, -0.25) is 4.79 Å². The number of benzene rings is 2. The minimum absolute atomic E-state index is 0.248. The molecular weight excluding hydrogens is 695 g/mol. The lowest BCUT2D eigenvalue weighted by atomic mass is 9.95. The van der Waals surface area contributed by atoms with Crippen LogP contribution in [0.2, 0.25) is 30.7 Å². The molecule has 0 saturated heterocycles. The zero-order valence-electron chi connectivity index (χ0n) is 27.4. The number of pyridine rings is 1. The number of alkyl halides is 3. The predicted molar refractivity (Wildman–Crippen MR) is 184 cm³/mol. The summed E-state index contributed by atoms with van der Waals surface area (Å²) in [4.78, 5) is 35.8. The third kappa shape index (κ3) is 7.34. The predicted octanol–water partition coefficient (Wildman–Crippen LogP) is 9.26. The van der Waals surface area contributed by atoms with E-state index < -0.39 is 31.8 Å². The largest absolute Gasteiger partial charge is 0.480 e. The Bertz CT molecular complexity index is 1910. The van der Waals surface area contributed by atoms with Gasteiger partial charge in [-0.05, 0) is 41.6 Å². The van der Waals surface area contributed by atoms with Crippen molar-refractivity contribution in [3.8, 4) is 33.5 Å². The van der Waals surface area contributed by atoms with Crippen LogP contribution in [-0.2, 0) is 30.3 Å². The van der Waals surface area contributed by atoms with Crippen LogP contribution in [0.1, 0.15) is 50.1 Å². The number of rotatable bonds is 9. The first-order chi connectivity index (χ1) is 23.3. The maximum absolute atomic E-state index is 14.0. The van der Waals surface area contributed by atoms with Crippen molar-refractivity contribution in [3.05, 3.63) is 80.3 Å². The minimum atomic E-state index is -4.80. The summed E-state index contributed by atoms with van der Waals surface area (Å²) in [5, 5.41) is 1.25. The van der Waals surface area contributed by atoms with Gasteiger partial charge in [0.25, 0.3) is 0 Å². The normalized spacial score (nSPS) is 15.8. The van der Waals surface area contributed by atoms with Crippen molar-refractivity contribution in [1.29, 1.82) is 0 Å². The zero-order chi connectivity index (χ0) is 35.1. The summed E-state index contributed by atoms with van der Waals surface area (Å²) in [6.45, 7) is 8.08. The Morgan fingerprint density at radius 3 is 2.53 bits per heavy atom. The number of aromatic nitrogens is 2. The monoisotopic (exact) mass is 729 g/mol. The lowest BCUT2D eigenvalue weighted by Crippen LogP contribution is -2.36. The van der Waals surface area contributed by atoms with Crippen LogP contribution in [0.25, 0.3) is 21.7 Å². The number of hydrogen-bond acceptors (Lipinski definition) is 8. The lowest BCUT2D eigenvalue weighted by molar-refractivity contribution is -0.139. The van der Waals surface area contributed by atoms with Gasteiger partial charge < -0.3 is 19.1 Å². The van der Waals surface area contributed by atoms with Crippen LogP contribution in [-0.4, -0.2) is 55.6 Å². The van der Waals surface area contributed by atoms with Crippen LogP contribution >= 0.6 is 22.9 Å². The molecule has 49 heavy (non-hydrogen) atoms. The topological polar surface area (TPSA) is 90.9 Å². The summed E-state index contributed by atoms with van der Waals surface area (Å²) in [5.74, 6) is -0.896. The molecule has 0 bridgehead atoms. The Kier molecular flexibility index (Phi) is 9.80. The molecule has 14 heteroatoms. The molecule has 2 aliphatic rings. The third-order valence-corrected chi connectivity index (χ3v) is 12.0. The van der Waals surface area contributed by atoms with Gasteiger partial charge in [0, 0.05) is 37.0 Å². The second-order valence-electron chi connectivity index (χ2n) is 13.2. The molecule has 258 valence electrons. The molecule has 1 amide bonds. The van der Waals surface area contributed by atoms with Crippen molar-refractivity contribution in [1.82, 2.24) is 14.9 Å². The van der Waals surface area contributed by atoms with E-state index in [-0.39, 0.29) is 23.8 Å². The smallest absolute Gasteiger partial charge is 0.421 e. The minimum Gasteiger partial charge on any atom is -0.480 e. The fraction of sp³-hybridized carbons (Fsp3) is 0.371. The van der Waals surface area contributed by atoms with Gasteiger partial charge in [-0.25, -0.2) is 9.78 Å². The van der Waals surface area contributed by atoms with Gasteiger partial charge in [0.15, 0.2) is 6.29 Å². The fourth-order valence-corrected chi connectivity index (χ4v) is 8.25. The van der Waals surface area contributed by atoms with Gasteiger partial charge in [0.2, 0.25) is 11.8 Å². The molecule has 2 aromatic heterocycles. The van der Waals surface area contributed by atoms with Crippen molar-refractivity contribution in [2.45, 2.75) is 63.8 Å². The van der Waals surface area contributed by atoms with Gasteiger partial charge in [0.05, 0.1) is 36.5 Å². The molecule has 6 rings (SSSR count). The number of methoxy groups -OCH3 is 1. The highest BCUT2D eigenvalue weighted by atomic mass is 35.5. The summed E-state index contributed by atoms with van der Waals surface area (Å²) in [6.07, 6.45) is -3.94. The summed E-state index contributed by atoms with van der Waals surface area (Å²) < 4.78 is 58.4. The molecule has 0 spiro atoms. The fourth-order valence-electron chi connectivity index (χ4n) is 6.07. The van der Waals surface area contributed by atoms with Crippen molar-refractivity contribution >= 4 is 43.4 Å². The first-order valence-corrected chi connectivity index (χ1v) is 20.8. The SMILES string of the molecule is COc1nc(O[C@H]2CCc3c(-c4cccc(-c5nc6c(s5)CCN(C(=O)OCC[Si](C)(C)C)C6)c4Cl)cccc32)c(C(F)(F)F)cc1C=O. The van der Waals surface area contributed by atoms with Crippen LogP contribution in [0.3, 0.4) is 0 Å². The van der Waals surface area contributed by atoms with Crippen LogP contribution in [0.5, 0.6) is 11.8 Å². The molecule has 3 heterocycles. The van der Waals surface area contributed by atoms with Gasteiger partial charge in [-0.2, -0.15) is 18.2 Å². The maximum Gasteiger partial charge on any atom is 0.421 e. The van der Waals surface area contributed by atoms with E-state index in [0.29, 0.717) is 50.0 Å². The average Bonchev–Trinajstić information content (AvgIpc) is 3.67. The standard InChI is InChI=1S/C35H35ClF3N3O5SSi/c1-45-31-20(19-43)17-26(35(37,38)39)32(41-31)47-28-12-11-22-21(7-5-8-23(22)28)24-9-6-10-25(30(24)36)33-40-27-18-42(14-13-29(27)48-33)34(44)46-15-16-49(2,3)4/h5-10,17,19,28H,11-16,18H2,1-4H3/t28-/m0/s1. The van der Waals surface area contributed by atoms with Crippen LogP contribution in [0.4, 0.5) is 18.0 Å². The molecule has 1 aliphatic carbocycles. The number of ether oxygens (including phenoxy) is 3. The Morgan fingerprint density at radius 1 is 1.08 bits per heavy atom. The third-order valence-electron chi connectivity index (χ3n) is 8.66. The van der Waals surface area contributed by atoms with E-state index in [9.17, 15) is 22.8 Å². The van der Waals surface area contributed by atoms with E-state index in [1.165, 1.54) is 7.11 Å². The summed E-state index contributed by atoms with van der Waals surface area (Å²) >= 11 is 8.65.